The van der Waals surface area contributed by atoms with Gasteiger partial charge in [-0.3, -0.25) is 0 Å². The molecule has 2 fully saturated rings. The fraction of sp³-hybridized carbons (Fsp3) is 1.00. The molecule has 24 heavy (non-hydrogen) atoms. The molecule has 2 rings (SSSR count). The average Bonchev–Trinajstić information content (AvgIpc) is 2.55. The van der Waals surface area contributed by atoms with Crippen molar-refractivity contribution in [2.45, 2.75) is 117 Å². The highest BCUT2D eigenvalue weighted by Gasteiger charge is 2.20. The van der Waals surface area contributed by atoms with E-state index in [-0.39, 0.29) is 6.15 Å². The molecule has 1 atom stereocenters. The van der Waals surface area contributed by atoms with Crippen LogP contribution < -0.4 is 11.9 Å². The van der Waals surface area contributed by atoms with E-state index in [0.717, 1.165) is 23.7 Å². The van der Waals surface area contributed by atoms with Crippen LogP contribution in [0.2, 0.25) is 0 Å². The molecule has 2 heteroatoms. The van der Waals surface area contributed by atoms with Gasteiger partial charge in [-0.25, -0.2) is 0 Å². The lowest BCUT2D eigenvalue weighted by atomic mass is 9.81. The number of hydrogen-bond acceptors (Lipinski definition) is 2. The minimum absolute atomic E-state index is 0. The molecule has 0 unspecified atom stereocenters. The van der Waals surface area contributed by atoms with E-state index in [1.54, 1.807) is 0 Å². The second-order valence-corrected chi connectivity index (χ2v) is 9.17. The molecule has 2 aliphatic carbocycles. The van der Waals surface area contributed by atoms with Gasteiger partial charge in [0.15, 0.2) is 0 Å². The molecule has 5 N–H and O–H groups in total. The van der Waals surface area contributed by atoms with Crippen LogP contribution in [-0.4, -0.2) is 6.04 Å². The summed E-state index contributed by atoms with van der Waals surface area (Å²) < 4.78 is 0. The molecule has 0 aromatic carbocycles. The van der Waals surface area contributed by atoms with Crippen LogP contribution in [0.25, 0.3) is 0 Å². The molecule has 0 saturated heterocycles. The molecule has 146 valence electrons. The number of rotatable bonds is 6. The maximum Gasteiger partial charge on any atom is 0.00695 e. The summed E-state index contributed by atoms with van der Waals surface area (Å²) in [6.45, 7) is 9.21. The average molecular weight is 341 g/mol. The minimum Gasteiger partial charge on any atom is -0.344 e. The van der Waals surface area contributed by atoms with Crippen molar-refractivity contribution < 1.29 is 0 Å². The Morgan fingerprint density at radius 3 is 1.71 bits per heavy atom. The maximum atomic E-state index is 6.15. The normalized spacial score (nSPS) is 21.1. The molecular weight excluding hydrogens is 292 g/mol. The Morgan fingerprint density at radius 1 is 0.750 bits per heavy atom. The maximum absolute atomic E-state index is 6.15. The summed E-state index contributed by atoms with van der Waals surface area (Å²) in [6, 6.07) is 0.477. The van der Waals surface area contributed by atoms with Crippen LogP contribution in [0.3, 0.4) is 0 Å². The van der Waals surface area contributed by atoms with E-state index in [1.165, 1.54) is 83.5 Å². The van der Waals surface area contributed by atoms with Crippen molar-refractivity contribution in [3.63, 3.8) is 0 Å². The summed E-state index contributed by atoms with van der Waals surface area (Å²) in [7, 11) is 0. The zero-order chi connectivity index (χ0) is 17.1. The van der Waals surface area contributed by atoms with Gasteiger partial charge in [-0.2, -0.15) is 0 Å². The van der Waals surface area contributed by atoms with Crippen molar-refractivity contribution in [1.82, 2.24) is 6.15 Å². The van der Waals surface area contributed by atoms with E-state index >= 15 is 0 Å². The molecular formula is C22H48N2. The van der Waals surface area contributed by atoms with Gasteiger partial charge in [-0.05, 0) is 42.9 Å². The summed E-state index contributed by atoms with van der Waals surface area (Å²) in [6.07, 6.45) is 18.7. The lowest BCUT2D eigenvalue weighted by Gasteiger charge is -2.28. The Labute approximate surface area is 153 Å². The van der Waals surface area contributed by atoms with Crippen molar-refractivity contribution in [2.24, 2.45) is 29.4 Å². The van der Waals surface area contributed by atoms with E-state index in [0.29, 0.717) is 6.04 Å². The van der Waals surface area contributed by atoms with Crippen molar-refractivity contribution in [1.29, 1.82) is 0 Å². The summed E-state index contributed by atoms with van der Waals surface area (Å²) in [4.78, 5) is 0. The van der Waals surface area contributed by atoms with Crippen molar-refractivity contribution in [3.05, 3.63) is 0 Å². The molecule has 0 spiro atoms. The molecule has 0 aromatic rings. The van der Waals surface area contributed by atoms with Crippen molar-refractivity contribution in [2.75, 3.05) is 0 Å². The summed E-state index contributed by atoms with van der Waals surface area (Å²) in [5, 5.41) is 0. The summed E-state index contributed by atoms with van der Waals surface area (Å²) in [5.74, 6) is 3.60. The molecule has 0 radical (unpaired) electrons. The van der Waals surface area contributed by atoms with Crippen LogP contribution in [0.15, 0.2) is 0 Å². The Bertz CT molecular complexity index is 263. The summed E-state index contributed by atoms with van der Waals surface area (Å²) in [5.41, 5.74) is 6.15. The molecule has 0 amide bonds. The Morgan fingerprint density at radius 2 is 1.25 bits per heavy atom. The van der Waals surface area contributed by atoms with Crippen LogP contribution in [0.1, 0.15) is 111 Å². The standard InChI is InChI=1S/C11H23N.C11H22.H3N/c1-9(2)8-11(12)10-6-4-3-5-7-10;1-10(2)8-9-11-6-4-3-5-7-11;/h9-11H,3-8,12H2,1-2H3;10-11H,3-9H2,1-2H3;1H3/t11-;;/m0../s1. The fourth-order valence-corrected chi connectivity index (χ4v) is 4.34. The highest BCUT2D eigenvalue weighted by atomic mass is 14.6. The van der Waals surface area contributed by atoms with Crippen LogP contribution in [0.4, 0.5) is 0 Å². The Balaban J connectivity index is 0.000000425. The molecule has 0 aromatic heterocycles. The van der Waals surface area contributed by atoms with Gasteiger partial charge in [0.1, 0.15) is 0 Å². The molecule has 0 bridgehead atoms. The largest absolute Gasteiger partial charge is 0.344 e. The molecule has 0 heterocycles. The second-order valence-electron chi connectivity index (χ2n) is 9.17. The topological polar surface area (TPSA) is 61.0 Å². The second kappa shape index (κ2) is 14.1. The predicted octanol–water partition coefficient (Wildman–Crippen LogP) is 7.11. The lowest BCUT2D eigenvalue weighted by molar-refractivity contribution is 0.278. The first-order chi connectivity index (χ1) is 11.0. The van der Waals surface area contributed by atoms with Gasteiger partial charge < -0.3 is 11.9 Å². The molecule has 2 nitrogen and oxygen atoms in total. The Kier molecular flexibility index (Phi) is 14.1. The highest BCUT2D eigenvalue weighted by Crippen LogP contribution is 2.29. The van der Waals surface area contributed by atoms with Gasteiger partial charge in [0.25, 0.3) is 0 Å². The monoisotopic (exact) mass is 340 g/mol. The SMILES string of the molecule is CC(C)CCC1CCCCC1.CC(C)C[C@H](N)C1CCCCC1.N. The lowest BCUT2D eigenvalue weighted by Crippen LogP contribution is -2.32. The third-order valence-electron chi connectivity index (χ3n) is 5.88. The van der Waals surface area contributed by atoms with Crippen molar-refractivity contribution >= 4 is 0 Å². The van der Waals surface area contributed by atoms with Gasteiger partial charge in [0.05, 0.1) is 0 Å². The van der Waals surface area contributed by atoms with E-state index in [9.17, 15) is 0 Å². The first kappa shape index (κ1) is 23.9. The van der Waals surface area contributed by atoms with Gasteiger partial charge in [0, 0.05) is 6.04 Å². The van der Waals surface area contributed by atoms with Gasteiger partial charge >= 0.3 is 0 Å². The van der Waals surface area contributed by atoms with E-state index in [2.05, 4.69) is 27.7 Å². The smallest absolute Gasteiger partial charge is 0.00695 e. The van der Waals surface area contributed by atoms with Crippen LogP contribution in [0.5, 0.6) is 0 Å². The molecule has 2 saturated carbocycles. The van der Waals surface area contributed by atoms with Crippen LogP contribution in [-0.2, 0) is 0 Å². The zero-order valence-electron chi connectivity index (χ0n) is 17.4. The van der Waals surface area contributed by atoms with E-state index in [1.807, 2.05) is 0 Å². The van der Waals surface area contributed by atoms with E-state index in [4.69, 9.17) is 5.73 Å². The number of hydrogen-bond donors (Lipinski definition) is 2. The molecule has 0 aliphatic heterocycles. The quantitative estimate of drug-likeness (QED) is 0.541. The minimum atomic E-state index is 0. The van der Waals surface area contributed by atoms with E-state index < -0.39 is 0 Å². The number of nitrogens with two attached hydrogens (primary N) is 1. The van der Waals surface area contributed by atoms with Crippen molar-refractivity contribution in [3.8, 4) is 0 Å². The fourth-order valence-electron chi connectivity index (χ4n) is 4.34. The van der Waals surface area contributed by atoms with Crippen LogP contribution in [0, 0.1) is 23.7 Å². The van der Waals surface area contributed by atoms with Crippen LogP contribution >= 0.6 is 0 Å². The summed E-state index contributed by atoms with van der Waals surface area (Å²) >= 11 is 0. The third kappa shape index (κ3) is 11.5. The van der Waals surface area contributed by atoms with Gasteiger partial charge in [-0.1, -0.05) is 91.9 Å². The van der Waals surface area contributed by atoms with Gasteiger partial charge in [0.2, 0.25) is 0 Å². The van der Waals surface area contributed by atoms with Gasteiger partial charge in [-0.15, -0.1) is 0 Å². The Hall–Kier alpha value is -0.0800. The first-order valence-corrected chi connectivity index (χ1v) is 10.7. The highest BCUT2D eigenvalue weighted by molar-refractivity contribution is 4.77. The first-order valence-electron chi connectivity index (χ1n) is 10.7. The zero-order valence-corrected chi connectivity index (χ0v) is 17.4. The molecule has 2 aliphatic rings. The predicted molar refractivity (Wildman–Crippen MR) is 110 cm³/mol. The third-order valence-corrected chi connectivity index (χ3v) is 5.88.